The van der Waals surface area contributed by atoms with Crippen molar-refractivity contribution in [3.05, 3.63) is 69.4 Å². The largest absolute Gasteiger partial charge is 0.507 e. The highest BCUT2D eigenvalue weighted by atomic mass is 35.5. The Bertz CT molecular complexity index is 1280. The van der Waals surface area contributed by atoms with Crippen LogP contribution in [-0.4, -0.2) is 31.5 Å². The lowest BCUT2D eigenvalue weighted by Crippen LogP contribution is -2.20. The maximum atomic E-state index is 14.4. The highest BCUT2D eigenvalue weighted by Gasteiger charge is 2.38. The van der Waals surface area contributed by atoms with Crippen LogP contribution >= 0.6 is 11.6 Å². The fourth-order valence-electron chi connectivity index (χ4n) is 3.99. The number of rotatable bonds is 4. The van der Waals surface area contributed by atoms with Gasteiger partial charge in [-0.25, -0.2) is 14.2 Å². The molecule has 2 heterocycles. The van der Waals surface area contributed by atoms with Crippen LogP contribution in [0.25, 0.3) is 11.3 Å². The van der Waals surface area contributed by atoms with Crippen molar-refractivity contribution < 1.29 is 37.4 Å². The number of phenols is 1. The third kappa shape index (κ3) is 3.95. The summed E-state index contributed by atoms with van der Waals surface area (Å²) in [6, 6.07) is 4.85. The molecule has 33 heavy (non-hydrogen) atoms. The third-order valence-electron chi connectivity index (χ3n) is 5.42. The summed E-state index contributed by atoms with van der Waals surface area (Å²) < 4.78 is 56.5. The van der Waals surface area contributed by atoms with Gasteiger partial charge in [-0.2, -0.15) is 13.2 Å². The molecule has 0 amide bonds. The van der Waals surface area contributed by atoms with Gasteiger partial charge in [-0.05, 0) is 43.5 Å². The average molecular weight is 483 g/mol. The summed E-state index contributed by atoms with van der Waals surface area (Å²) in [4.78, 5) is 28.6. The first-order valence-electron chi connectivity index (χ1n) is 9.76. The monoisotopic (exact) mass is 482 g/mol. The summed E-state index contributed by atoms with van der Waals surface area (Å²) in [6.45, 7) is 0.289. The van der Waals surface area contributed by atoms with E-state index < -0.39 is 46.2 Å². The lowest BCUT2D eigenvalue weighted by atomic mass is 10.0. The van der Waals surface area contributed by atoms with Crippen LogP contribution in [0.2, 0.25) is 5.02 Å². The van der Waals surface area contributed by atoms with Crippen LogP contribution in [0.3, 0.4) is 0 Å². The maximum Gasteiger partial charge on any atom is 0.417 e. The summed E-state index contributed by atoms with van der Waals surface area (Å²) in [5.41, 5.74) is -2.34. The number of halogens is 5. The van der Waals surface area contributed by atoms with E-state index in [1.807, 2.05) is 0 Å². The Morgan fingerprint density at radius 1 is 1.12 bits per heavy atom. The zero-order chi connectivity index (χ0) is 24.1. The van der Waals surface area contributed by atoms with Gasteiger partial charge in [-0.1, -0.05) is 17.7 Å². The van der Waals surface area contributed by atoms with Crippen molar-refractivity contribution in [1.29, 1.82) is 0 Å². The molecule has 0 radical (unpaired) electrons. The molecular weight excluding hydrogens is 468 g/mol. The van der Waals surface area contributed by atoms with Gasteiger partial charge < -0.3 is 14.8 Å². The van der Waals surface area contributed by atoms with Crippen molar-refractivity contribution in [2.75, 3.05) is 0 Å². The minimum absolute atomic E-state index is 0.00472. The van der Waals surface area contributed by atoms with Crippen LogP contribution < -0.4 is 0 Å². The van der Waals surface area contributed by atoms with Crippen LogP contribution in [0.1, 0.15) is 50.6 Å². The fraction of sp³-hybridized carbons (Fsp3) is 0.227. The normalized spacial score (nSPS) is 13.6. The van der Waals surface area contributed by atoms with Gasteiger partial charge in [0.1, 0.15) is 17.1 Å². The number of nitrogens with zero attached hydrogens (tertiary/aromatic N) is 2. The number of aromatic hydroxyl groups is 1. The second kappa shape index (κ2) is 8.18. The van der Waals surface area contributed by atoms with Gasteiger partial charge >= 0.3 is 12.1 Å². The molecule has 2 aromatic carbocycles. The summed E-state index contributed by atoms with van der Waals surface area (Å²) in [5, 5.41) is 18.7. The van der Waals surface area contributed by atoms with Gasteiger partial charge in [0.15, 0.2) is 5.82 Å². The lowest BCUT2D eigenvalue weighted by Gasteiger charge is -2.18. The summed E-state index contributed by atoms with van der Waals surface area (Å²) in [5.74, 6) is -5.07. The zero-order valence-electron chi connectivity index (χ0n) is 16.7. The minimum Gasteiger partial charge on any atom is -0.507 e. The molecule has 4 rings (SSSR count). The fourth-order valence-corrected chi connectivity index (χ4v) is 4.25. The van der Waals surface area contributed by atoms with Crippen LogP contribution in [0.15, 0.2) is 30.3 Å². The van der Waals surface area contributed by atoms with Crippen LogP contribution in [0.5, 0.6) is 5.75 Å². The predicted octanol–water partition coefficient (Wildman–Crippen LogP) is 5.33. The Morgan fingerprint density at radius 2 is 1.85 bits per heavy atom. The van der Waals surface area contributed by atoms with E-state index in [1.54, 1.807) is 0 Å². The van der Waals surface area contributed by atoms with E-state index in [0.29, 0.717) is 25.0 Å². The molecule has 0 spiro atoms. The molecule has 2 N–H and O–H groups in total. The molecule has 1 aromatic heterocycles. The summed E-state index contributed by atoms with van der Waals surface area (Å²) in [7, 11) is 0. The second-order valence-corrected chi connectivity index (χ2v) is 7.89. The Hall–Kier alpha value is -3.40. The van der Waals surface area contributed by atoms with Gasteiger partial charge in [-0.15, -0.1) is 0 Å². The van der Waals surface area contributed by atoms with Gasteiger partial charge in [0.25, 0.3) is 0 Å². The number of aromatic carboxylic acids is 1. The topological polar surface area (TPSA) is 92.4 Å². The average Bonchev–Trinajstić information content (AvgIpc) is 3.11. The minimum atomic E-state index is -4.84. The smallest absolute Gasteiger partial charge is 0.417 e. The Labute approximate surface area is 189 Å². The predicted molar refractivity (Wildman–Crippen MR) is 109 cm³/mol. The molecule has 172 valence electrons. The lowest BCUT2D eigenvalue weighted by molar-refractivity contribution is -0.137. The van der Waals surface area contributed by atoms with Crippen molar-refractivity contribution in [2.45, 2.75) is 32.0 Å². The molecule has 0 unspecified atom stereocenters. The molecule has 1 aliphatic rings. The van der Waals surface area contributed by atoms with Crippen molar-refractivity contribution >= 4 is 23.4 Å². The number of carbonyl (C=O) groups excluding carboxylic acids is 1. The quantitative estimate of drug-likeness (QED) is 0.387. The Balaban J connectivity index is 1.91. The van der Waals surface area contributed by atoms with Crippen molar-refractivity contribution in [1.82, 2.24) is 9.55 Å². The van der Waals surface area contributed by atoms with E-state index >= 15 is 0 Å². The Morgan fingerprint density at radius 3 is 2.48 bits per heavy atom. The molecule has 0 atom stereocenters. The number of ketones is 1. The molecule has 0 saturated heterocycles. The van der Waals surface area contributed by atoms with Gasteiger partial charge in [-0.3, -0.25) is 4.79 Å². The van der Waals surface area contributed by atoms with Gasteiger partial charge in [0.05, 0.1) is 21.8 Å². The third-order valence-corrected chi connectivity index (χ3v) is 5.74. The number of aromatic nitrogens is 2. The van der Waals surface area contributed by atoms with E-state index in [9.17, 15) is 32.3 Å². The van der Waals surface area contributed by atoms with Crippen molar-refractivity contribution in [2.24, 2.45) is 0 Å². The molecule has 0 fully saturated rings. The van der Waals surface area contributed by atoms with Crippen LogP contribution in [-0.2, 0) is 19.1 Å². The molecule has 1 aliphatic heterocycles. The van der Waals surface area contributed by atoms with Crippen molar-refractivity contribution in [3.8, 4) is 17.0 Å². The van der Waals surface area contributed by atoms with E-state index in [0.717, 1.165) is 24.3 Å². The van der Waals surface area contributed by atoms with E-state index in [1.165, 1.54) is 10.6 Å². The SMILES string of the molecule is O=C(O)c1c(O)cc(-c2nc(C(=O)c3c(Cl)cccc3C(F)(F)F)n3c2CCCC3)cc1F. The number of carboxylic acids is 1. The van der Waals surface area contributed by atoms with Crippen molar-refractivity contribution in [3.63, 3.8) is 0 Å². The Kier molecular flexibility index (Phi) is 5.65. The van der Waals surface area contributed by atoms with E-state index in [4.69, 9.17) is 16.7 Å². The molecule has 0 bridgehead atoms. The number of benzene rings is 2. The number of hydrogen-bond acceptors (Lipinski definition) is 4. The molecule has 0 aliphatic carbocycles. The molecule has 3 aromatic rings. The second-order valence-electron chi connectivity index (χ2n) is 7.49. The number of imidazole rings is 1. The first-order chi connectivity index (χ1) is 15.5. The standard InChI is InChI=1S/C22H15ClF4N2O4/c23-12-5-3-4-11(22(25,26)27)16(12)19(31)20-28-18(14-6-1-2-7-29(14)20)10-8-13(24)17(21(32)33)15(30)9-10/h3-5,8-9,30H,1-2,6-7H2,(H,32,33). The highest BCUT2D eigenvalue weighted by molar-refractivity contribution is 6.35. The highest BCUT2D eigenvalue weighted by Crippen LogP contribution is 2.38. The zero-order valence-corrected chi connectivity index (χ0v) is 17.5. The van der Waals surface area contributed by atoms with Gasteiger partial charge in [0.2, 0.25) is 5.78 Å². The van der Waals surface area contributed by atoms with Gasteiger partial charge in [0, 0.05) is 17.8 Å². The number of hydrogen-bond donors (Lipinski definition) is 2. The molecule has 11 heteroatoms. The molecule has 0 saturated carbocycles. The summed E-state index contributed by atoms with van der Waals surface area (Å²) >= 11 is 5.98. The first kappa shape index (κ1) is 22.8. The summed E-state index contributed by atoms with van der Waals surface area (Å²) in [6.07, 6.45) is -3.12. The van der Waals surface area contributed by atoms with E-state index in [-0.39, 0.29) is 28.6 Å². The van der Waals surface area contributed by atoms with Crippen LogP contribution in [0, 0.1) is 5.82 Å². The first-order valence-corrected chi connectivity index (χ1v) is 10.1. The number of alkyl halides is 3. The maximum absolute atomic E-state index is 14.4. The van der Waals surface area contributed by atoms with E-state index in [2.05, 4.69) is 4.98 Å². The molecule has 6 nitrogen and oxygen atoms in total. The van der Waals surface area contributed by atoms with Crippen LogP contribution in [0.4, 0.5) is 17.6 Å². The molecular formula is C22H15ClF4N2O4. The number of fused-ring (bicyclic) bond motifs is 1. The number of carboxylic acid groups (broad SMARTS) is 1. The number of carbonyl (C=O) groups is 2.